The Morgan fingerprint density at radius 3 is 2.00 bits per heavy atom. The van der Waals surface area contributed by atoms with Crippen LogP contribution in [0.25, 0.3) is 0 Å². The highest BCUT2D eigenvalue weighted by Crippen LogP contribution is 2.41. The van der Waals surface area contributed by atoms with E-state index in [-0.39, 0.29) is 12.1 Å². The van der Waals surface area contributed by atoms with E-state index in [9.17, 15) is 22.8 Å². The van der Waals surface area contributed by atoms with Crippen LogP contribution in [0.1, 0.15) is 56.8 Å². The van der Waals surface area contributed by atoms with Crippen LogP contribution in [-0.4, -0.2) is 34.5 Å². The first-order chi connectivity index (χ1) is 12.1. The van der Waals surface area contributed by atoms with Crippen molar-refractivity contribution >= 4 is 11.9 Å². The molecule has 3 rings (SSSR count). The van der Waals surface area contributed by atoms with Crippen LogP contribution in [0.15, 0.2) is 12.1 Å². The molecule has 0 radical (unpaired) electrons. The van der Waals surface area contributed by atoms with E-state index < -0.39 is 46.4 Å². The van der Waals surface area contributed by atoms with Crippen LogP contribution in [0.5, 0.6) is 0 Å². The fraction of sp³-hybridized carbons (Fsp3) is 0.579. The van der Waals surface area contributed by atoms with Crippen molar-refractivity contribution in [2.24, 2.45) is 5.92 Å². The van der Waals surface area contributed by atoms with Crippen molar-refractivity contribution in [3.8, 4) is 0 Å². The molecular weight excluding hydrogens is 347 g/mol. The van der Waals surface area contributed by atoms with E-state index in [0.717, 1.165) is 12.8 Å². The lowest BCUT2D eigenvalue weighted by molar-refractivity contribution is 0.00246. The third kappa shape index (κ3) is 3.57. The molecule has 2 unspecified atom stereocenters. The molecule has 0 aromatic heterocycles. The largest absolute Gasteiger partial charge is 0.444 e. The topological polar surface area (TPSA) is 46.6 Å². The van der Waals surface area contributed by atoms with Gasteiger partial charge in [-0.3, -0.25) is 4.79 Å². The number of amides is 1. The standard InChI is InChI=1S/C19H22F3NO3/c1-19(2,3)26-18(25)23-12-4-5-13(23)7-10(6-12)17(24)16-14(21)8-11(20)9-15(16)22/h8-10,12-13H,4-7H2,1-3H3. The third-order valence-electron chi connectivity index (χ3n) is 4.96. The normalized spacial score (nSPS) is 25.3. The Morgan fingerprint density at radius 2 is 1.54 bits per heavy atom. The number of piperidine rings is 1. The molecule has 142 valence electrons. The van der Waals surface area contributed by atoms with E-state index in [1.165, 1.54) is 0 Å². The Hall–Kier alpha value is -2.05. The maximum atomic E-state index is 13.9. The van der Waals surface area contributed by atoms with Crippen molar-refractivity contribution in [1.29, 1.82) is 0 Å². The van der Waals surface area contributed by atoms with Gasteiger partial charge in [0, 0.05) is 30.1 Å². The molecule has 1 aromatic rings. The molecule has 2 saturated heterocycles. The Labute approximate surface area is 150 Å². The second-order valence-electron chi connectivity index (χ2n) is 8.05. The van der Waals surface area contributed by atoms with Gasteiger partial charge in [-0.2, -0.15) is 0 Å². The Morgan fingerprint density at radius 1 is 1.04 bits per heavy atom. The van der Waals surface area contributed by atoms with Gasteiger partial charge in [0.2, 0.25) is 0 Å². The summed E-state index contributed by atoms with van der Waals surface area (Å²) in [5.41, 5.74) is -1.31. The van der Waals surface area contributed by atoms with E-state index in [0.29, 0.717) is 25.0 Å². The SMILES string of the molecule is CC(C)(C)OC(=O)N1C2CCC1CC(C(=O)c1c(F)cc(F)cc1F)C2. The Bertz CT molecular complexity index is 707. The van der Waals surface area contributed by atoms with E-state index in [4.69, 9.17) is 4.74 Å². The van der Waals surface area contributed by atoms with E-state index in [2.05, 4.69) is 0 Å². The number of fused-ring (bicyclic) bond motifs is 2. The van der Waals surface area contributed by atoms with Crippen molar-refractivity contribution in [2.45, 2.75) is 64.1 Å². The molecule has 2 heterocycles. The number of carbonyl (C=O) groups excluding carboxylic acids is 2. The van der Waals surface area contributed by atoms with Gasteiger partial charge in [-0.1, -0.05) is 0 Å². The Kier molecular flexibility index (Phi) is 4.75. The summed E-state index contributed by atoms with van der Waals surface area (Å²) >= 11 is 0. The predicted octanol–water partition coefficient (Wildman–Crippen LogP) is 4.46. The molecule has 2 aliphatic rings. The average Bonchev–Trinajstić information content (AvgIpc) is 2.75. The maximum Gasteiger partial charge on any atom is 0.410 e. The minimum absolute atomic E-state index is 0.191. The van der Waals surface area contributed by atoms with Crippen LogP contribution in [-0.2, 0) is 4.74 Å². The number of halogens is 3. The third-order valence-corrected chi connectivity index (χ3v) is 4.96. The minimum atomic E-state index is -1.19. The molecule has 2 aliphatic heterocycles. The highest BCUT2D eigenvalue weighted by atomic mass is 19.1. The van der Waals surface area contributed by atoms with Crippen LogP contribution < -0.4 is 0 Å². The van der Waals surface area contributed by atoms with Gasteiger partial charge in [0.1, 0.15) is 23.1 Å². The van der Waals surface area contributed by atoms with E-state index >= 15 is 0 Å². The summed E-state index contributed by atoms with van der Waals surface area (Å²) in [6.07, 6.45) is 1.68. The fourth-order valence-corrected chi connectivity index (χ4v) is 3.99. The van der Waals surface area contributed by atoms with Gasteiger partial charge in [0.05, 0.1) is 5.56 Å². The van der Waals surface area contributed by atoms with Gasteiger partial charge in [-0.05, 0) is 46.5 Å². The van der Waals surface area contributed by atoms with Gasteiger partial charge in [0.25, 0.3) is 0 Å². The highest BCUT2D eigenvalue weighted by molar-refractivity contribution is 5.98. The number of carbonyl (C=O) groups is 2. The van der Waals surface area contributed by atoms with Crippen molar-refractivity contribution in [1.82, 2.24) is 4.90 Å². The zero-order chi connectivity index (χ0) is 19.2. The van der Waals surface area contributed by atoms with E-state index in [1.54, 1.807) is 25.7 Å². The number of rotatable bonds is 2. The van der Waals surface area contributed by atoms with Crippen LogP contribution in [0.4, 0.5) is 18.0 Å². The zero-order valence-corrected chi connectivity index (χ0v) is 15.0. The van der Waals surface area contributed by atoms with Crippen molar-refractivity contribution in [3.05, 3.63) is 35.1 Å². The fourth-order valence-electron chi connectivity index (χ4n) is 3.99. The molecule has 4 nitrogen and oxygen atoms in total. The minimum Gasteiger partial charge on any atom is -0.444 e. The summed E-state index contributed by atoms with van der Waals surface area (Å²) in [6, 6.07) is 0.648. The molecule has 0 aliphatic carbocycles. The van der Waals surface area contributed by atoms with Gasteiger partial charge in [-0.15, -0.1) is 0 Å². The van der Waals surface area contributed by atoms with Crippen LogP contribution in [0, 0.1) is 23.4 Å². The lowest BCUT2D eigenvalue weighted by atomic mass is 9.84. The summed E-state index contributed by atoms with van der Waals surface area (Å²) < 4.78 is 46.4. The smallest absolute Gasteiger partial charge is 0.410 e. The van der Waals surface area contributed by atoms with Crippen molar-refractivity contribution in [2.75, 3.05) is 0 Å². The van der Waals surface area contributed by atoms with Crippen LogP contribution >= 0.6 is 0 Å². The quantitative estimate of drug-likeness (QED) is 0.723. The maximum absolute atomic E-state index is 13.9. The van der Waals surface area contributed by atoms with Gasteiger partial charge >= 0.3 is 6.09 Å². The first-order valence-electron chi connectivity index (χ1n) is 8.77. The van der Waals surface area contributed by atoms with Gasteiger partial charge in [-0.25, -0.2) is 18.0 Å². The van der Waals surface area contributed by atoms with Crippen LogP contribution in [0.2, 0.25) is 0 Å². The number of Topliss-reactive ketones (excluding diaryl/α,β-unsaturated/α-hetero) is 1. The molecule has 1 aromatic carbocycles. The predicted molar refractivity (Wildman–Crippen MR) is 88.3 cm³/mol. The first-order valence-corrected chi connectivity index (χ1v) is 8.77. The van der Waals surface area contributed by atoms with Gasteiger partial charge in [0.15, 0.2) is 5.78 Å². The molecule has 2 bridgehead atoms. The summed E-state index contributed by atoms with van der Waals surface area (Å²) in [6.45, 7) is 5.34. The van der Waals surface area contributed by atoms with Crippen LogP contribution in [0.3, 0.4) is 0 Å². The number of hydrogen-bond acceptors (Lipinski definition) is 3. The molecule has 0 N–H and O–H groups in total. The second-order valence-corrected chi connectivity index (χ2v) is 8.05. The Balaban J connectivity index is 1.77. The zero-order valence-electron chi connectivity index (χ0n) is 15.0. The number of benzene rings is 1. The van der Waals surface area contributed by atoms with Gasteiger partial charge < -0.3 is 9.64 Å². The number of ether oxygens (including phenoxy) is 1. The number of ketones is 1. The molecule has 0 saturated carbocycles. The lowest BCUT2D eigenvalue weighted by Crippen LogP contribution is -2.49. The molecule has 2 fully saturated rings. The number of nitrogens with zero attached hydrogens (tertiary/aromatic N) is 1. The molecule has 0 spiro atoms. The number of hydrogen-bond donors (Lipinski definition) is 0. The second kappa shape index (κ2) is 6.59. The summed E-state index contributed by atoms with van der Waals surface area (Å²) in [5, 5.41) is 0. The monoisotopic (exact) mass is 369 g/mol. The van der Waals surface area contributed by atoms with Crippen molar-refractivity contribution in [3.63, 3.8) is 0 Å². The van der Waals surface area contributed by atoms with Crippen molar-refractivity contribution < 1.29 is 27.5 Å². The molecule has 26 heavy (non-hydrogen) atoms. The van der Waals surface area contributed by atoms with E-state index in [1.807, 2.05) is 0 Å². The summed E-state index contributed by atoms with van der Waals surface area (Å²) in [5.74, 6) is -4.69. The molecular formula is C19H22F3NO3. The summed E-state index contributed by atoms with van der Waals surface area (Å²) in [4.78, 5) is 26.7. The molecule has 7 heteroatoms. The highest BCUT2D eigenvalue weighted by Gasteiger charge is 2.47. The lowest BCUT2D eigenvalue weighted by Gasteiger charge is -2.39. The molecule has 1 amide bonds. The first kappa shape index (κ1) is 18.7. The molecule has 2 atom stereocenters. The average molecular weight is 369 g/mol. The summed E-state index contributed by atoms with van der Waals surface area (Å²) in [7, 11) is 0.